The maximum atomic E-state index is 13.6. The Morgan fingerprint density at radius 2 is 2.19 bits per heavy atom. The van der Waals surface area contributed by atoms with Gasteiger partial charge >= 0.3 is 0 Å². The highest BCUT2D eigenvalue weighted by Crippen LogP contribution is 2.31. The van der Waals surface area contributed by atoms with Crippen LogP contribution in [-0.2, 0) is 0 Å². The Balaban J connectivity index is 3.30. The second-order valence-electron chi connectivity index (χ2n) is 3.02. The predicted octanol–water partition coefficient (Wildman–Crippen LogP) is 2.03. The van der Waals surface area contributed by atoms with Crippen molar-refractivity contribution < 1.29 is 18.3 Å². The lowest BCUT2D eigenvalue weighted by Gasteiger charge is -2.09. The molecular weight excluding hydrogens is 240 g/mol. The van der Waals surface area contributed by atoms with Crippen LogP contribution in [0.15, 0.2) is 6.07 Å². The molecule has 1 aromatic carbocycles. The summed E-state index contributed by atoms with van der Waals surface area (Å²) in [6.45, 7) is -0.170. The van der Waals surface area contributed by atoms with E-state index >= 15 is 0 Å². The van der Waals surface area contributed by atoms with Gasteiger partial charge in [-0.25, -0.2) is 8.78 Å². The summed E-state index contributed by atoms with van der Waals surface area (Å²) in [4.78, 5) is 11.4. The summed E-state index contributed by atoms with van der Waals surface area (Å²) >= 11 is 5.58. The van der Waals surface area contributed by atoms with E-state index in [9.17, 15) is 13.6 Å². The topological polar surface area (TPSA) is 38.3 Å². The van der Waals surface area contributed by atoms with Gasteiger partial charge in [-0.1, -0.05) is 11.6 Å². The fraction of sp³-hybridized carbons (Fsp3) is 0.300. The zero-order chi connectivity index (χ0) is 12.3. The molecule has 0 bridgehead atoms. The van der Waals surface area contributed by atoms with Gasteiger partial charge in [0.15, 0.2) is 11.6 Å². The van der Waals surface area contributed by atoms with Crippen LogP contribution in [-0.4, -0.2) is 26.5 Å². The molecule has 0 aliphatic heterocycles. The number of carbonyl (C=O) groups excluding carboxylic acids is 1. The van der Waals surface area contributed by atoms with Crippen molar-refractivity contribution in [3.63, 3.8) is 0 Å². The molecule has 6 heteroatoms. The van der Waals surface area contributed by atoms with Gasteiger partial charge in [-0.3, -0.25) is 4.79 Å². The van der Waals surface area contributed by atoms with Crippen molar-refractivity contribution in [2.45, 2.75) is 0 Å². The molecule has 0 fully saturated rings. The number of hydrogen-bond acceptors (Lipinski definition) is 3. The van der Waals surface area contributed by atoms with Crippen molar-refractivity contribution in [2.75, 3.05) is 20.7 Å². The lowest BCUT2D eigenvalue weighted by Crippen LogP contribution is -2.21. The molecule has 1 rings (SSSR count). The summed E-state index contributed by atoms with van der Waals surface area (Å²) in [5.74, 6) is -2.93. The smallest absolute Gasteiger partial charge is 0.182 e. The van der Waals surface area contributed by atoms with Crippen molar-refractivity contribution in [2.24, 2.45) is 0 Å². The number of ketones is 1. The van der Waals surface area contributed by atoms with Gasteiger partial charge in [0, 0.05) is 6.07 Å². The minimum Gasteiger partial charge on any atom is -0.495 e. The van der Waals surface area contributed by atoms with Crippen LogP contribution in [0.5, 0.6) is 5.75 Å². The maximum absolute atomic E-state index is 13.6. The fourth-order valence-electron chi connectivity index (χ4n) is 1.23. The summed E-state index contributed by atoms with van der Waals surface area (Å²) in [6.07, 6.45) is 0. The monoisotopic (exact) mass is 249 g/mol. The Hall–Kier alpha value is -1.20. The largest absolute Gasteiger partial charge is 0.495 e. The van der Waals surface area contributed by atoms with Gasteiger partial charge in [-0.2, -0.15) is 0 Å². The summed E-state index contributed by atoms with van der Waals surface area (Å²) < 4.78 is 31.7. The number of methoxy groups -OCH3 is 1. The number of hydrogen-bond donors (Lipinski definition) is 1. The van der Waals surface area contributed by atoms with Crippen LogP contribution in [0.25, 0.3) is 0 Å². The fourth-order valence-corrected chi connectivity index (χ4v) is 1.45. The third-order valence-electron chi connectivity index (χ3n) is 1.96. The van der Waals surface area contributed by atoms with Crippen LogP contribution in [0.1, 0.15) is 10.4 Å². The van der Waals surface area contributed by atoms with E-state index < -0.39 is 28.0 Å². The van der Waals surface area contributed by atoms with E-state index in [-0.39, 0.29) is 12.3 Å². The molecule has 16 heavy (non-hydrogen) atoms. The van der Waals surface area contributed by atoms with E-state index in [1.165, 1.54) is 14.2 Å². The molecule has 0 unspecified atom stereocenters. The number of benzene rings is 1. The first-order valence-electron chi connectivity index (χ1n) is 4.42. The van der Waals surface area contributed by atoms with Crippen LogP contribution in [0.2, 0.25) is 5.02 Å². The van der Waals surface area contributed by atoms with Gasteiger partial charge in [-0.15, -0.1) is 0 Å². The second kappa shape index (κ2) is 5.23. The Kier molecular flexibility index (Phi) is 4.20. The van der Waals surface area contributed by atoms with E-state index in [0.717, 1.165) is 6.07 Å². The Labute approximate surface area is 96.4 Å². The SMILES string of the molecule is CNCC(=O)c1c(F)cc(OC)c(Cl)c1F. The number of rotatable bonds is 4. The molecule has 0 saturated carbocycles. The second-order valence-corrected chi connectivity index (χ2v) is 3.40. The first-order chi connectivity index (χ1) is 7.52. The molecule has 0 aliphatic rings. The zero-order valence-electron chi connectivity index (χ0n) is 8.73. The maximum Gasteiger partial charge on any atom is 0.182 e. The Bertz CT molecular complexity index is 424. The predicted molar refractivity (Wildman–Crippen MR) is 56.2 cm³/mol. The summed E-state index contributed by atoms with van der Waals surface area (Å²) in [6, 6.07) is 0.883. The number of ether oxygens (including phenoxy) is 1. The number of halogens is 3. The average molecular weight is 250 g/mol. The molecule has 0 amide bonds. The Morgan fingerprint density at radius 1 is 1.56 bits per heavy atom. The van der Waals surface area contributed by atoms with Crippen LogP contribution < -0.4 is 10.1 Å². The van der Waals surface area contributed by atoms with Gasteiger partial charge in [-0.05, 0) is 7.05 Å². The molecule has 1 N–H and O–H groups in total. The minimum absolute atomic E-state index is 0.141. The molecule has 0 atom stereocenters. The lowest BCUT2D eigenvalue weighted by atomic mass is 10.1. The summed E-state index contributed by atoms with van der Waals surface area (Å²) in [7, 11) is 2.73. The highest BCUT2D eigenvalue weighted by molar-refractivity contribution is 6.32. The Morgan fingerprint density at radius 3 is 2.69 bits per heavy atom. The standard InChI is InChI=1S/C10H10ClF2NO2/c1-14-4-6(15)8-5(12)3-7(16-2)9(11)10(8)13/h3,14H,4H2,1-2H3. The van der Waals surface area contributed by atoms with Crippen molar-refractivity contribution in [3.05, 3.63) is 28.3 Å². The molecule has 0 spiro atoms. The molecular formula is C10H10ClF2NO2. The van der Waals surface area contributed by atoms with Gasteiger partial charge in [0.2, 0.25) is 0 Å². The van der Waals surface area contributed by atoms with E-state index in [1.807, 2.05) is 0 Å². The van der Waals surface area contributed by atoms with Gasteiger partial charge in [0.1, 0.15) is 16.6 Å². The van der Waals surface area contributed by atoms with E-state index in [0.29, 0.717) is 0 Å². The molecule has 88 valence electrons. The number of nitrogens with one attached hydrogen (secondary N) is 1. The first kappa shape index (κ1) is 12.9. The van der Waals surface area contributed by atoms with Crippen molar-refractivity contribution in [1.82, 2.24) is 5.32 Å². The lowest BCUT2D eigenvalue weighted by molar-refractivity contribution is 0.0985. The number of likely N-dealkylation sites (N-methyl/N-ethyl adjacent to an activating group) is 1. The van der Waals surface area contributed by atoms with Gasteiger partial charge in [0.05, 0.1) is 19.2 Å². The van der Waals surface area contributed by atoms with E-state index in [4.69, 9.17) is 11.6 Å². The third kappa shape index (κ3) is 2.31. The molecule has 0 aromatic heterocycles. The molecule has 3 nitrogen and oxygen atoms in total. The molecule has 0 radical (unpaired) electrons. The minimum atomic E-state index is -1.10. The van der Waals surface area contributed by atoms with Crippen molar-refractivity contribution >= 4 is 17.4 Å². The van der Waals surface area contributed by atoms with Crippen LogP contribution in [0.4, 0.5) is 8.78 Å². The third-order valence-corrected chi connectivity index (χ3v) is 2.31. The highest BCUT2D eigenvalue weighted by Gasteiger charge is 2.22. The molecule has 0 heterocycles. The summed E-state index contributed by atoms with van der Waals surface area (Å²) in [5, 5.41) is 2.11. The molecule has 0 saturated heterocycles. The average Bonchev–Trinajstić information content (AvgIpc) is 2.24. The highest BCUT2D eigenvalue weighted by atomic mass is 35.5. The van der Waals surface area contributed by atoms with E-state index in [1.54, 1.807) is 0 Å². The number of Topliss-reactive ketones (excluding diaryl/α,β-unsaturated/α-hetero) is 1. The zero-order valence-corrected chi connectivity index (χ0v) is 9.49. The van der Waals surface area contributed by atoms with Crippen LogP contribution in [0, 0.1) is 11.6 Å². The van der Waals surface area contributed by atoms with Crippen LogP contribution >= 0.6 is 11.6 Å². The van der Waals surface area contributed by atoms with Crippen LogP contribution in [0.3, 0.4) is 0 Å². The normalized spacial score (nSPS) is 10.3. The molecule has 1 aromatic rings. The van der Waals surface area contributed by atoms with Gasteiger partial charge in [0.25, 0.3) is 0 Å². The summed E-state index contributed by atoms with van der Waals surface area (Å²) in [5.41, 5.74) is -0.653. The van der Waals surface area contributed by atoms with Crippen molar-refractivity contribution in [1.29, 1.82) is 0 Å². The van der Waals surface area contributed by atoms with Gasteiger partial charge < -0.3 is 10.1 Å². The number of carbonyl (C=O) groups is 1. The van der Waals surface area contributed by atoms with Crippen molar-refractivity contribution in [3.8, 4) is 5.75 Å². The first-order valence-corrected chi connectivity index (χ1v) is 4.80. The van der Waals surface area contributed by atoms with E-state index in [2.05, 4.69) is 10.1 Å². The quantitative estimate of drug-likeness (QED) is 0.655. The molecule has 0 aliphatic carbocycles.